The summed E-state index contributed by atoms with van der Waals surface area (Å²) >= 11 is 0. The van der Waals surface area contributed by atoms with Gasteiger partial charge in [0, 0.05) is 23.4 Å². The summed E-state index contributed by atoms with van der Waals surface area (Å²) in [5.41, 5.74) is 2.19. The molecule has 5 heteroatoms. The van der Waals surface area contributed by atoms with E-state index in [1.165, 1.54) is 30.5 Å². The number of rotatable bonds is 4. The SMILES string of the molecule is CN1CCC[C@H]1COc1ccc2c(C3CCNCC3)ncnc2c1. The molecule has 0 bridgehead atoms. The maximum Gasteiger partial charge on any atom is 0.121 e. The molecule has 1 aromatic carbocycles. The van der Waals surface area contributed by atoms with Crippen LogP contribution in [-0.4, -0.2) is 54.2 Å². The third-order valence-electron chi connectivity index (χ3n) is 5.48. The van der Waals surface area contributed by atoms with Crippen molar-refractivity contribution in [3.63, 3.8) is 0 Å². The molecule has 0 aliphatic carbocycles. The second-order valence-corrected chi connectivity index (χ2v) is 7.05. The van der Waals surface area contributed by atoms with Crippen molar-refractivity contribution in [2.75, 3.05) is 33.3 Å². The molecule has 24 heavy (non-hydrogen) atoms. The minimum absolute atomic E-state index is 0.538. The quantitative estimate of drug-likeness (QED) is 0.936. The van der Waals surface area contributed by atoms with Crippen LogP contribution in [0.2, 0.25) is 0 Å². The van der Waals surface area contributed by atoms with Crippen molar-refractivity contribution >= 4 is 10.9 Å². The molecule has 4 rings (SSSR count). The Kier molecular flexibility index (Phi) is 4.63. The summed E-state index contributed by atoms with van der Waals surface area (Å²) in [6, 6.07) is 6.82. The largest absolute Gasteiger partial charge is 0.492 e. The molecule has 2 aliphatic heterocycles. The lowest BCUT2D eigenvalue weighted by molar-refractivity contribution is 0.198. The van der Waals surface area contributed by atoms with Crippen molar-refractivity contribution in [2.45, 2.75) is 37.6 Å². The van der Waals surface area contributed by atoms with Gasteiger partial charge < -0.3 is 15.0 Å². The van der Waals surface area contributed by atoms with Gasteiger partial charge >= 0.3 is 0 Å². The zero-order chi connectivity index (χ0) is 16.4. The van der Waals surface area contributed by atoms with Crippen LogP contribution in [0.25, 0.3) is 10.9 Å². The third kappa shape index (κ3) is 3.23. The number of benzene rings is 1. The monoisotopic (exact) mass is 326 g/mol. The van der Waals surface area contributed by atoms with Crippen LogP contribution in [-0.2, 0) is 0 Å². The van der Waals surface area contributed by atoms with Gasteiger partial charge in [-0.3, -0.25) is 0 Å². The number of piperidine rings is 1. The van der Waals surface area contributed by atoms with Gasteiger partial charge in [0.1, 0.15) is 18.7 Å². The normalized spacial score (nSPS) is 23.0. The summed E-state index contributed by atoms with van der Waals surface area (Å²) in [5, 5.41) is 4.60. The van der Waals surface area contributed by atoms with Crippen LogP contribution in [0.15, 0.2) is 24.5 Å². The number of likely N-dealkylation sites (tertiary alicyclic amines) is 1. The lowest BCUT2D eigenvalue weighted by atomic mass is 9.92. The average Bonchev–Trinajstić information content (AvgIpc) is 3.05. The van der Waals surface area contributed by atoms with E-state index in [0.29, 0.717) is 12.0 Å². The molecule has 0 unspecified atom stereocenters. The van der Waals surface area contributed by atoms with Crippen molar-refractivity contribution in [3.05, 3.63) is 30.2 Å². The van der Waals surface area contributed by atoms with E-state index in [1.54, 1.807) is 6.33 Å². The molecule has 2 aromatic rings. The summed E-state index contributed by atoms with van der Waals surface area (Å²) in [7, 11) is 2.18. The molecule has 3 heterocycles. The number of aromatic nitrogens is 2. The van der Waals surface area contributed by atoms with Gasteiger partial charge in [-0.25, -0.2) is 9.97 Å². The number of likely N-dealkylation sites (N-methyl/N-ethyl adjacent to an activating group) is 1. The van der Waals surface area contributed by atoms with Crippen molar-refractivity contribution in [1.82, 2.24) is 20.2 Å². The Bertz CT molecular complexity index is 699. The lowest BCUT2D eigenvalue weighted by Crippen LogP contribution is -2.30. The fraction of sp³-hybridized carbons (Fsp3) is 0.579. The molecular weight excluding hydrogens is 300 g/mol. The van der Waals surface area contributed by atoms with E-state index in [9.17, 15) is 0 Å². The molecule has 128 valence electrons. The van der Waals surface area contributed by atoms with Gasteiger partial charge in [-0.1, -0.05) is 0 Å². The summed E-state index contributed by atoms with van der Waals surface area (Å²) in [6.45, 7) is 4.09. The van der Waals surface area contributed by atoms with Crippen molar-refractivity contribution in [1.29, 1.82) is 0 Å². The Morgan fingerprint density at radius 3 is 2.88 bits per heavy atom. The van der Waals surface area contributed by atoms with Gasteiger partial charge in [-0.2, -0.15) is 0 Å². The highest BCUT2D eigenvalue weighted by Crippen LogP contribution is 2.30. The van der Waals surface area contributed by atoms with E-state index >= 15 is 0 Å². The number of nitrogens with one attached hydrogen (secondary N) is 1. The van der Waals surface area contributed by atoms with E-state index in [2.05, 4.69) is 45.4 Å². The molecule has 2 saturated heterocycles. The van der Waals surface area contributed by atoms with E-state index in [4.69, 9.17) is 4.74 Å². The Balaban J connectivity index is 1.52. The maximum absolute atomic E-state index is 6.04. The maximum atomic E-state index is 6.04. The van der Waals surface area contributed by atoms with Gasteiger partial charge in [-0.15, -0.1) is 0 Å². The second-order valence-electron chi connectivity index (χ2n) is 7.05. The molecule has 0 amide bonds. The van der Waals surface area contributed by atoms with E-state index < -0.39 is 0 Å². The first kappa shape index (κ1) is 15.8. The minimum atomic E-state index is 0.538. The van der Waals surface area contributed by atoms with Crippen molar-refractivity contribution in [2.24, 2.45) is 0 Å². The van der Waals surface area contributed by atoms with Gasteiger partial charge in [0.05, 0.1) is 11.2 Å². The van der Waals surface area contributed by atoms with E-state index in [1.807, 2.05) is 0 Å². The van der Waals surface area contributed by atoms with Crippen LogP contribution in [0.3, 0.4) is 0 Å². The first-order valence-corrected chi connectivity index (χ1v) is 9.09. The highest BCUT2D eigenvalue weighted by molar-refractivity contribution is 5.82. The smallest absolute Gasteiger partial charge is 0.121 e. The molecule has 0 radical (unpaired) electrons. The summed E-state index contributed by atoms with van der Waals surface area (Å²) in [4.78, 5) is 11.5. The Morgan fingerprint density at radius 1 is 1.21 bits per heavy atom. The number of ether oxygens (including phenoxy) is 1. The van der Waals surface area contributed by atoms with Crippen molar-refractivity contribution in [3.8, 4) is 5.75 Å². The molecule has 0 saturated carbocycles. The third-order valence-corrected chi connectivity index (χ3v) is 5.48. The van der Waals surface area contributed by atoms with Gasteiger partial charge in [0.15, 0.2) is 0 Å². The number of hydrogen-bond acceptors (Lipinski definition) is 5. The van der Waals surface area contributed by atoms with Crippen LogP contribution < -0.4 is 10.1 Å². The fourth-order valence-corrected chi connectivity index (χ4v) is 3.95. The highest BCUT2D eigenvalue weighted by Gasteiger charge is 2.22. The van der Waals surface area contributed by atoms with Crippen LogP contribution in [0.4, 0.5) is 0 Å². The molecule has 5 nitrogen and oxygen atoms in total. The average molecular weight is 326 g/mol. The van der Waals surface area contributed by atoms with Gasteiger partial charge in [0.25, 0.3) is 0 Å². The zero-order valence-corrected chi connectivity index (χ0v) is 14.4. The van der Waals surface area contributed by atoms with Crippen molar-refractivity contribution < 1.29 is 4.74 Å². The summed E-state index contributed by atoms with van der Waals surface area (Å²) < 4.78 is 6.04. The van der Waals surface area contributed by atoms with E-state index in [0.717, 1.165) is 43.8 Å². The Morgan fingerprint density at radius 2 is 2.08 bits per heavy atom. The van der Waals surface area contributed by atoms with Gasteiger partial charge in [0.2, 0.25) is 0 Å². The summed E-state index contributed by atoms with van der Waals surface area (Å²) in [5.74, 6) is 1.45. The molecule has 0 spiro atoms. The lowest BCUT2D eigenvalue weighted by Gasteiger charge is -2.23. The Labute approximate surface area is 143 Å². The second kappa shape index (κ2) is 7.03. The van der Waals surface area contributed by atoms with Crippen LogP contribution in [0.1, 0.15) is 37.3 Å². The first-order valence-electron chi connectivity index (χ1n) is 9.09. The fourth-order valence-electron chi connectivity index (χ4n) is 3.95. The first-order chi connectivity index (χ1) is 11.8. The topological polar surface area (TPSA) is 50.3 Å². The Hall–Kier alpha value is -1.72. The number of fused-ring (bicyclic) bond motifs is 1. The molecule has 1 aromatic heterocycles. The predicted octanol–water partition coefficient (Wildman–Crippen LogP) is 2.57. The molecular formula is C19H26N4O. The summed E-state index contributed by atoms with van der Waals surface area (Å²) in [6.07, 6.45) is 6.51. The minimum Gasteiger partial charge on any atom is -0.492 e. The van der Waals surface area contributed by atoms with Crippen LogP contribution in [0, 0.1) is 0 Å². The molecule has 1 atom stereocenters. The van der Waals surface area contributed by atoms with Crippen LogP contribution >= 0.6 is 0 Å². The highest BCUT2D eigenvalue weighted by atomic mass is 16.5. The predicted molar refractivity (Wildman–Crippen MR) is 95.5 cm³/mol. The number of hydrogen-bond donors (Lipinski definition) is 1. The molecule has 2 fully saturated rings. The molecule has 1 N–H and O–H groups in total. The number of nitrogens with zero attached hydrogens (tertiary/aromatic N) is 3. The van der Waals surface area contributed by atoms with Crippen LogP contribution in [0.5, 0.6) is 5.75 Å². The molecule has 2 aliphatic rings. The van der Waals surface area contributed by atoms with Gasteiger partial charge in [-0.05, 0) is 64.5 Å². The zero-order valence-electron chi connectivity index (χ0n) is 14.4. The van der Waals surface area contributed by atoms with E-state index in [-0.39, 0.29) is 0 Å². The standard InChI is InChI=1S/C19H26N4O/c1-23-10-2-3-15(23)12-24-16-4-5-17-18(11-16)21-13-22-19(17)14-6-8-20-9-7-14/h4-5,11,13-15,20H,2-3,6-10,12H2,1H3/t15-/m0/s1.